The number of ether oxygens (including phenoxy) is 1. The number of carbonyl (C=O) groups is 1. The Hall–Kier alpha value is -3.32. The van der Waals surface area contributed by atoms with Crippen LogP contribution in [0.3, 0.4) is 0 Å². The molecule has 0 atom stereocenters. The molecule has 1 fully saturated rings. The van der Waals surface area contributed by atoms with Gasteiger partial charge in [0, 0.05) is 12.2 Å². The van der Waals surface area contributed by atoms with Gasteiger partial charge in [-0.15, -0.1) is 0 Å². The van der Waals surface area contributed by atoms with Gasteiger partial charge in [-0.3, -0.25) is 4.79 Å². The summed E-state index contributed by atoms with van der Waals surface area (Å²) in [6, 6.07) is 14.0. The van der Waals surface area contributed by atoms with Gasteiger partial charge in [0.2, 0.25) is 5.43 Å². The summed E-state index contributed by atoms with van der Waals surface area (Å²) in [6.45, 7) is 0.445. The van der Waals surface area contributed by atoms with Crippen LogP contribution in [0, 0.1) is 5.92 Å². The number of benzene rings is 2. The summed E-state index contributed by atoms with van der Waals surface area (Å²) in [5.41, 5.74) is 1.18. The molecule has 1 aliphatic rings. The van der Waals surface area contributed by atoms with E-state index < -0.39 is 6.03 Å². The molecule has 0 spiro atoms. The number of anilines is 1. The summed E-state index contributed by atoms with van der Waals surface area (Å²) in [5, 5.41) is 12.6. The van der Waals surface area contributed by atoms with Crippen LogP contribution >= 0.6 is 0 Å². The molecule has 0 unspecified atom stereocenters. The number of para-hydroxylation sites is 1. The molecular weight excluding hydrogens is 420 g/mol. The SMILES string of the molecule is O=C(Nc1ccccc1)N(CCO)Cc1coc2cccc(OCC3CCCCC3)c2c1=O. The van der Waals surface area contributed by atoms with Crippen LogP contribution in [0.2, 0.25) is 0 Å². The molecule has 3 aromatic rings. The van der Waals surface area contributed by atoms with E-state index in [0.29, 0.717) is 40.5 Å². The van der Waals surface area contributed by atoms with Gasteiger partial charge in [0.25, 0.3) is 0 Å². The van der Waals surface area contributed by atoms with E-state index in [4.69, 9.17) is 9.15 Å². The number of amides is 2. The lowest BCUT2D eigenvalue weighted by atomic mass is 9.90. The van der Waals surface area contributed by atoms with Gasteiger partial charge in [0.1, 0.15) is 16.7 Å². The van der Waals surface area contributed by atoms with E-state index in [1.165, 1.54) is 30.4 Å². The highest BCUT2D eigenvalue weighted by Gasteiger charge is 2.20. The molecule has 1 saturated carbocycles. The number of rotatable bonds is 8. The lowest BCUT2D eigenvalue weighted by molar-refractivity contribution is 0.185. The van der Waals surface area contributed by atoms with E-state index >= 15 is 0 Å². The van der Waals surface area contributed by atoms with Crippen molar-refractivity contribution in [3.63, 3.8) is 0 Å². The summed E-state index contributed by atoms with van der Waals surface area (Å²) in [5.74, 6) is 1.02. The fourth-order valence-corrected chi connectivity index (χ4v) is 4.28. The third kappa shape index (κ3) is 5.73. The van der Waals surface area contributed by atoms with Crippen LogP contribution < -0.4 is 15.5 Å². The number of hydrogen-bond donors (Lipinski definition) is 2. The molecule has 2 N–H and O–H groups in total. The summed E-state index contributed by atoms with van der Waals surface area (Å²) >= 11 is 0. The highest BCUT2D eigenvalue weighted by atomic mass is 16.5. The van der Waals surface area contributed by atoms with E-state index in [0.717, 1.165) is 12.8 Å². The number of fused-ring (bicyclic) bond motifs is 1. The third-order valence-electron chi connectivity index (χ3n) is 6.08. The van der Waals surface area contributed by atoms with Crippen LogP contribution in [0.15, 0.2) is 64.0 Å². The van der Waals surface area contributed by atoms with Crippen molar-refractivity contribution in [2.24, 2.45) is 5.92 Å². The normalized spacial score (nSPS) is 14.2. The van der Waals surface area contributed by atoms with Gasteiger partial charge >= 0.3 is 6.03 Å². The van der Waals surface area contributed by atoms with Crippen LogP contribution in [0.4, 0.5) is 10.5 Å². The van der Waals surface area contributed by atoms with Crippen LogP contribution in [0.1, 0.15) is 37.7 Å². The second-order valence-electron chi connectivity index (χ2n) is 8.48. The van der Waals surface area contributed by atoms with Crippen LogP contribution in [0.25, 0.3) is 11.0 Å². The van der Waals surface area contributed by atoms with Gasteiger partial charge in [-0.25, -0.2) is 4.79 Å². The van der Waals surface area contributed by atoms with Crippen molar-refractivity contribution in [1.29, 1.82) is 0 Å². The minimum absolute atomic E-state index is 0.00839. The average molecular weight is 451 g/mol. The zero-order valence-electron chi connectivity index (χ0n) is 18.7. The van der Waals surface area contributed by atoms with Gasteiger partial charge in [0.15, 0.2) is 0 Å². The van der Waals surface area contributed by atoms with E-state index in [1.807, 2.05) is 24.3 Å². The lowest BCUT2D eigenvalue weighted by Gasteiger charge is -2.23. The molecular formula is C26H30N2O5. The van der Waals surface area contributed by atoms with Crippen molar-refractivity contribution in [2.45, 2.75) is 38.6 Å². The Morgan fingerprint density at radius 3 is 2.64 bits per heavy atom. The zero-order valence-corrected chi connectivity index (χ0v) is 18.7. The maximum Gasteiger partial charge on any atom is 0.322 e. The molecule has 1 aromatic heterocycles. The highest BCUT2D eigenvalue weighted by Crippen LogP contribution is 2.27. The standard InChI is InChI=1S/C26H30N2O5/c29-15-14-28(26(31)27-21-10-5-2-6-11-21)16-20-18-33-23-13-7-12-22(24(23)25(20)30)32-17-19-8-3-1-4-9-19/h2,5-7,10-13,18-19,29H,1,3-4,8-9,14-17H2,(H,27,31). The molecule has 174 valence electrons. The first-order valence-electron chi connectivity index (χ1n) is 11.5. The number of nitrogens with one attached hydrogen (secondary N) is 1. The minimum Gasteiger partial charge on any atom is -0.492 e. The molecule has 4 rings (SSSR count). The number of aliphatic hydroxyl groups is 1. The van der Waals surface area contributed by atoms with Gasteiger partial charge in [0.05, 0.1) is 31.6 Å². The van der Waals surface area contributed by atoms with E-state index in [-0.39, 0.29) is 25.1 Å². The first-order chi connectivity index (χ1) is 16.2. The molecule has 0 radical (unpaired) electrons. The minimum atomic E-state index is -0.406. The first kappa shape index (κ1) is 22.9. The van der Waals surface area contributed by atoms with E-state index in [9.17, 15) is 14.7 Å². The fourth-order valence-electron chi connectivity index (χ4n) is 4.28. The maximum absolute atomic E-state index is 13.4. The average Bonchev–Trinajstić information content (AvgIpc) is 2.85. The van der Waals surface area contributed by atoms with Crippen molar-refractivity contribution in [2.75, 3.05) is 25.1 Å². The van der Waals surface area contributed by atoms with Gasteiger partial charge < -0.3 is 24.5 Å². The number of hydrogen-bond acceptors (Lipinski definition) is 5. The maximum atomic E-state index is 13.4. The Balaban J connectivity index is 1.55. The smallest absolute Gasteiger partial charge is 0.322 e. The van der Waals surface area contributed by atoms with Crippen molar-refractivity contribution in [3.05, 3.63) is 70.6 Å². The predicted octanol–water partition coefficient (Wildman–Crippen LogP) is 4.78. The summed E-state index contributed by atoms with van der Waals surface area (Å²) in [6.07, 6.45) is 7.41. The number of nitrogens with zero attached hydrogens (tertiary/aromatic N) is 1. The number of aliphatic hydroxyl groups excluding tert-OH is 1. The van der Waals surface area contributed by atoms with Crippen molar-refractivity contribution in [3.8, 4) is 5.75 Å². The van der Waals surface area contributed by atoms with Crippen molar-refractivity contribution >= 4 is 22.7 Å². The van der Waals surface area contributed by atoms with Crippen LogP contribution in [-0.4, -0.2) is 35.8 Å². The second-order valence-corrected chi connectivity index (χ2v) is 8.48. The molecule has 0 bridgehead atoms. The van der Waals surface area contributed by atoms with E-state index in [1.54, 1.807) is 24.3 Å². The molecule has 1 heterocycles. The van der Waals surface area contributed by atoms with Gasteiger partial charge in [-0.1, -0.05) is 43.5 Å². The molecule has 2 amide bonds. The molecule has 0 saturated heterocycles. The Kier molecular flexibility index (Phi) is 7.62. The predicted molar refractivity (Wildman–Crippen MR) is 128 cm³/mol. The number of carbonyl (C=O) groups excluding carboxylic acids is 1. The van der Waals surface area contributed by atoms with Crippen LogP contribution in [-0.2, 0) is 6.54 Å². The van der Waals surface area contributed by atoms with Crippen molar-refractivity contribution < 1.29 is 19.1 Å². The fraction of sp³-hybridized carbons (Fsp3) is 0.385. The van der Waals surface area contributed by atoms with E-state index in [2.05, 4.69) is 5.32 Å². The van der Waals surface area contributed by atoms with Gasteiger partial charge in [-0.05, 0) is 43.0 Å². The third-order valence-corrected chi connectivity index (χ3v) is 6.08. The highest BCUT2D eigenvalue weighted by molar-refractivity contribution is 5.89. The Labute approximate surface area is 193 Å². The largest absolute Gasteiger partial charge is 0.492 e. The Morgan fingerprint density at radius 1 is 1.09 bits per heavy atom. The van der Waals surface area contributed by atoms with Crippen molar-refractivity contribution in [1.82, 2.24) is 4.90 Å². The van der Waals surface area contributed by atoms with Gasteiger partial charge in [-0.2, -0.15) is 0 Å². The molecule has 0 aliphatic heterocycles. The topological polar surface area (TPSA) is 92.0 Å². The Morgan fingerprint density at radius 2 is 1.88 bits per heavy atom. The zero-order chi connectivity index (χ0) is 23.0. The lowest BCUT2D eigenvalue weighted by Crippen LogP contribution is -2.37. The molecule has 7 nitrogen and oxygen atoms in total. The summed E-state index contributed by atoms with van der Waals surface area (Å²) < 4.78 is 11.8. The monoisotopic (exact) mass is 450 g/mol. The summed E-state index contributed by atoms with van der Waals surface area (Å²) in [4.78, 5) is 27.5. The molecule has 2 aromatic carbocycles. The quantitative estimate of drug-likeness (QED) is 0.515. The molecule has 7 heteroatoms. The molecule has 1 aliphatic carbocycles. The summed E-state index contributed by atoms with van der Waals surface area (Å²) in [7, 11) is 0. The molecule has 33 heavy (non-hydrogen) atoms. The number of urea groups is 1. The first-order valence-corrected chi connectivity index (χ1v) is 11.5. The Bertz CT molecular complexity index is 1120. The second kappa shape index (κ2) is 11.0. The van der Waals surface area contributed by atoms with Crippen LogP contribution in [0.5, 0.6) is 5.75 Å².